The lowest BCUT2D eigenvalue weighted by atomic mass is 10.1. The van der Waals surface area contributed by atoms with Crippen LogP contribution < -0.4 is 5.32 Å². The van der Waals surface area contributed by atoms with E-state index in [0.29, 0.717) is 0 Å². The normalized spacial score (nSPS) is 11.2. The van der Waals surface area contributed by atoms with Gasteiger partial charge in [0.1, 0.15) is 0 Å². The summed E-state index contributed by atoms with van der Waals surface area (Å²) in [6.45, 7) is 6.24. The monoisotopic (exact) mass is 307 g/mol. The molecule has 0 aliphatic heterocycles. The van der Waals surface area contributed by atoms with E-state index in [1.807, 2.05) is 7.05 Å². The second kappa shape index (κ2) is 18.3. The highest BCUT2D eigenvalue weighted by Gasteiger charge is 1.93. The smallest absolute Gasteiger partial charge is 0.00310 e. The van der Waals surface area contributed by atoms with Gasteiger partial charge in [0, 0.05) is 12.7 Å². The van der Waals surface area contributed by atoms with Crippen molar-refractivity contribution in [1.82, 2.24) is 5.32 Å². The van der Waals surface area contributed by atoms with Gasteiger partial charge in [-0.05, 0) is 38.5 Å². The Bertz CT molecular complexity index is 255. The summed E-state index contributed by atoms with van der Waals surface area (Å²) in [5, 5.41) is 3.12. The Kier molecular flexibility index (Phi) is 17.7. The zero-order valence-corrected chi connectivity index (χ0v) is 15.5. The number of rotatable bonds is 17. The van der Waals surface area contributed by atoms with Crippen LogP contribution in [0.5, 0.6) is 0 Å². The number of allylic oxidation sites excluding steroid dienone is 3. The lowest BCUT2D eigenvalue weighted by molar-refractivity contribution is 0.590. The molecule has 0 heterocycles. The Morgan fingerprint density at radius 1 is 0.727 bits per heavy atom. The molecule has 0 saturated carbocycles. The number of unbranched alkanes of at least 4 members (excludes halogenated alkanes) is 12. The summed E-state index contributed by atoms with van der Waals surface area (Å²) < 4.78 is 0. The van der Waals surface area contributed by atoms with Gasteiger partial charge >= 0.3 is 0 Å². The molecule has 22 heavy (non-hydrogen) atoms. The van der Waals surface area contributed by atoms with Crippen LogP contribution in [0.25, 0.3) is 0 Å². The zero-order valence-electron chi connectivity index (χ0n) is 15.5. The second-order valence-electron chi connectivity index (χ2n) is 6.54. The molecule has 0 aliphatic carbocycles. The number of nitrogens with one attached hydrogen (secondary N) is 1. The van der Waals surface area contributed by atoms with E-state index < -0.39 is 0 Å². The molecule has 0 fully saturated rings. The van der Waals surface area contributed by atoms with Crippen LogP contribution in [0.15, 0.2) is 24.4 Å². The molecular formula is C21H41N. The molecule has 0 radical (unpaired) electrons. The van der Waals surface area contributed by atoms with Crippen molar-refractivity contribution in [2.45, 2.75) is 103 Å². The van der Waals surface area contributed by atoms with Crippen molar-refractivity contribution < 1.29 is 0 Å². The fourth-order valence-corrected chi connectivity index (χ4v) is 2.71. The third kappa shape index (κ3) is 17.3. The molecule has 0 aromatic heterocycles. The van der Waals surface area contributed by atoms with Crippen LogP contribution in [0.2, 0.25) is 0 Å². The third-order valence-electron chi connectivity index (χ3n) is 4.34. The quantitative estimate of drug-likeness (QED) is 0.222. The molecule has 0 aromatic carbocycles. The molecule has 0 rings (SSSR count). The Morgan fingerprint density at radius 3 is 1.68 bits per heavy atom. The molecule has 0 bridgehead atoms. The lowest BCUT2D eigenvalue weighted by Crippen LogP contribution is -2.03. The van der Waals surface area contributed by atoms with Gasteiger partial charge in [-0.15, -0.1) is 0 Å². The van der Waals surface area contributed by atoms with E-state index in [2.05, 4.69) is 31.0 Å². The third-order valence-corrected chi connectivity index (χ3v) is 4.34. The Hall–Kier alpha value is -0.720. The Balaban J connectivity index is 3.09. The highest BCUT2D eigenvalue weighted by molar-refractivity contribution is 4.88. The van der Waals surface area contributed by atoms with Crippen LogP contribution >= 0.6 is 0 Å². The van der Waals surface area contributed by atoms with Crippen molar-refractivity contribution in [3.8, 4) is 0 Å². The van der Waals surface area contributed by atoms with Gasteiger partial charge in [0.2, 0.25) is 0 Å². The van der Waals surface area contributed by atoms with E-state index in [1.165, 1.54) is 95.6 Å². The minimum Gasteiger partial charge on any atom is -0.392 e. The van der Waals surface area contributed by atoms with Crippen LogP contribution in [-0.2, 0) is 0 Å². The summed E-state index contributed by atoms with van der Waals surface area (Å²) in [6, 6.07) is 0. The molecule has 0 atom stereocenters. The first-order chi connectivity index (χ1) is 10.8. The fourth-order valence-electron chi connectivity index (χ4n) is 2.71. The Labute approximate surface area is 140 Å². The molecule has 0 amide bonds. The molecule has 1 nitrogen and oxygen atoms in total. The van der Waals surface area contributed by atoms with Gasteiger partial charge in [-0.25, -0.2) is 0 Å². The number of hydrogen-bond acceptors (Lipinski definition) is 1. The van der Waals surface area contributed by atoms with E-state index in [4.69, 9.17) is 0 Å². The molecule has 0 spiro atoms. The summed E-state index contributed by atoms with van der Waals surface area (Å²) in [6.07, 6.45) is 25.2. The predicted octanol–water partition coefficient (Wildman–Crippen LogP) is 7.15. The first-order valence-corrected chi connectivity index (χ1v) is 9.81. The minimum absolute atomic E-state index is 1.14. The van der Waals surface area contributed by atoms with E-state index >= 15 is 0 Å². The lowest BCUT2D eigenvalue weighted by Gasteiger charge is -2.04. The molecular weight excluding hydrogens is 266 g/mol. The van der Waals surface area contributed by atoms with E-state index in [9.17, 15) is 0 Å². The van der Waals surface area contributed by atoms with Crippen LogP contribution in [-0.4, -0.2) is 7.05 Å². The zero-order chi connectivity index (χ0) is 16.3. The van der Waals surface area contributed by atoms with Crippen LogP contribution in [0, 0.1) is 0 Å². The average molecular weight is 308 g/mol. The average Bonchev–Trinajstić information content (AvgIpc) is 2.54. The maximum Gasteiger partial charge on any atom is 0.00310 e. The fraction of sp³-hybridized carbons (Fsp3) is 0.810. The minimum atomic E-state index is 1.14. The van der Waals surface area contributed by atoms with E-state index in [1.54, 1.807) is 0 Å². The van der Waals surface area contributed by atoms with Crippen molar-refractivity contribution in [1.29, 1.82) is 0 Å². The summed E-state index contributed by atoms with van der Waals surface area (Å²) >= 11 is 0. The first-order valence-electron chi connectivity index (χ1n) is 9.81. The van der Waals surface area contributed by atoms with Gasteiger partial charge in [-0.3, -0.25) is 0 Å². The maximum atomic E-state index is 3.96. The van der Waals surface area contributed by atoms with Crippen LogP contribution in [0.3, 0.4) is 0 Å². The molecule has 1 heteroatoms. The van der Waals surface area contributed by atoms with Gasteiger partial charge in [-0.1, -0.05) is 83.4 Å². The molecule has 0 aliphatic rings. The van der Waals surface area contributed by atoms with E-state index in [-0.39, 0.29) is 0 Å². The van der Waals surface area contributed by atoms with Gasteiger partial charge in [0.15, 0.2) is 0 Å². The molecule has 130 valence electrons. The summed E-state index contributed by atoms with van der Waals surface area (Å²) in [7, 11) is 1.96. The van der Waals surface area contributed by atoms with Gasteiger partial charge < -0.3 is 5.32 Å². The van der Waals surface area contributed by atoms with Crippen LogP contribution in [0.1, 0.15) is 103 Å². The molecule has 0 unspecified atom stereocenters. The topological polar surface area (TPSA) is 12.0 Å². The SMILES string of the molecule is C=C(CCCCCCCCC=CCCCCCCCC)NC. The van der Waals surface area contributed by atoms with Gasteiger partial charge in [-0.2, -0.15) is 0 Å². The van der Waals surface area contributed by atoms with Crippen molar-refractivity contribution in [2.24, 2.45) is 0 Å². The van der Waals surface area contributed by atoms with Crippen molar-refractivity contribution in [3.05, 3.63) is 24.4 Å². The van der Waals surface area contributed by atoms with E-state index in [0.717, 1.165) is 6.42 Å². The highest BCUT2D eigenvalue weighted by atomic mass is 14.8. The Morgan fingerprint density at radius 2 is 1.18 bits per heavy atom. The van der Waals surface area contributed by atoms with Crippen molar-refractivity contribution >= 4 is 0 Å². The second-order valence-corrected chi connectivity index (χ2v) is 6.54. The summed E-state index contributed by atoms with van der Waals surface area (Å²) in [5.41, 5.74) is 1.18. The van der Waals surface area contributed by atoms with Gasteiger partial charge in [0.05, 0.1) is 0 Å². The summed E-state index contributed by atoms with van der Waals surface area (Å²) in [5.74, 6) is 0. The largest absolute Gasteiger partial charge is 0.392 e. The van der Waals surface area contributed by atoms with Gasteiger partial charge in [0.25, 0.3) is 0 Å². The molecule has 1 N–H and O–H groups in total. The molecule has 0 aromatic rings. The standard InChI is InChI=1S/C21H41N/c1-4-5-6-7-8-9-10-11-12-13-14-15-16-17-18-19-20-21(2)22-3/h11-12,22H,2,4-10,13-20H2,1,3H3. The summed E-state index contributed by atoms with van der Waals surface area (Å²) in [4.78, 5) is 0. The van der Waals surface area contributed by atoms with Crippen molar-refractivity contribution in [3.63, 3.8) is 0 Å². The van der Waals surface area contributed by atoms with Crippen molar-refractivity contribution in [2.75, 3.05) is 7.05 Å². The van der Waals surface area contributed by atoms with Crippen LogP contribution in [0.4, 0.5) is 0 Å². The first kappa shape index (κ1) is 21.3. The maximum absolute atomic E-state index is 3.96. The molecule has 0 saturated heterocycles. The number of hydrogen-bond donors (Lipinski definition) is 1. The highest BCUT2D eigenvalue weighted by Crippen LogP contribution is 2.11. The predicted molar refractivity (Wildman–Crippen MR) is 102 cm³/mol.